The van der Waals surface area contributed by atoms with E-state index in [1.54, 1.807) is 0 Å². The minimum atomic E-state index is -0.660. The Kier molecular flexibility index (Phi) is 6.64. The van der Waals surface area contributed by atoms with Gasteiger partial charge in [0.2, 0.25) is 11.8 Å². The Hall–Kier alpha value is -2.73. The summed E-state index contributed by atoms with van der Waals surface area (Å²) in [7, 11) is 0. The number of carbonyl (C=O) groups is 1. The number of hydrogen-bond acceptors (Lipinski definition) is 5. The van der Waals surface area contributed by atoms with E-state index < -0.39 is 5.41 Å². The smallest absolute Gasteiger partial charge is 0.226 e. The van der Waals surface area contributed by atoms with Crippen molar-refractivity contribution < 1.29 is 13.9 Å². The van der Waals surface area contributed by atoms with Crippen LogP contribution in [0.15, 0.2) is 59.0 Å². The number of aromatic nitrogens is 1. The zero-order valence-electron chi connectivity index (χ0n) is 16.7. The third-order valence-corrected chi connectivity index (χ3v) is 5.68. The molecule has 152 valence electrons. The Morgan fingerprint density at radius 3 is 2.48 bits per heavy atom. The zero-order chi connectivity index (χ0) is 20.9. The van der Waals surface area contributed by atoms with E-state index >= 15 is 0 Å². The highest BCUT2D eigenvalue weighted by molar-refractivity contribution is 7.80. The largest absolute Gasteiger partial charge is 0.493 e. The van der Waals surface area contributed by atoms with Crippen molar-refractivity contribution in [1.82, 2.24) is 4.98 Å². The molecule has 6 heteroatoms. The molecule has 2 aromatic carbocycles. The third-order valence-electron chi connectivity index (χ3n) is 4.98. The average Bonchev–Trinajstić information content (AvgIpc) is 3.10. The second-order valence-electron chi connectivity index (χ2n) is 7.39. The molecule has 0 aliphatic heterocycles. The van der Waals surface area contributed by atoms with Crippen molar-refractivity contribution in [2.24, 2.45) is 11.1 Å². The number of aryl methyl sites for hydroxylation is 1. The fourth-order valence-corrected chi connectivity index (χ4v) is 3.27. The monoisotopic (exact) mass is 410 g/mol. The minimum Gasteiger partial charge on any atom is -0.493 e. The second kappa shape index (κ2) is 9.18. The maximum Gasteiger partial charge on any atom is 0.226 e. The van der Waals surface area contributed by atoms with Gasteiger partial charge in [-0.25, -0.2) is 4.98 Å². The molecule has 0 bridgehead atoms. The lowest BCUT2D eigenvalue weighted by Crippen LogP contribution is -2.37. The summed E-state index contributed by atoms with van der Waals surface area (Å²) in [5.74, 6) is 2.27. The normalized spacial score (nSPS) is 13.1. The number of nitrogens with two attached hydrogens (primary N) is 1. The van der Waals surface area contributed by atoms with Crippen LogP contribution in [-0.2, 0) is 17.6 Å². The van der Waals surface area contributed by atoms with Crippen molar-refractivity contribution in [2.45, 2.75) is 26.7 Å². The molecule has 2 N–H and O–H groups in total. The molecule has 0 aliphatic rings. The van der Waals surface area contributed by atoms with Crippen LogP contribution in [0.1, 0.15) is 23.9 Å². The number of ether oxygens (including phenoxy) is 1. The molecule has 5 nitrogen and oxygen atoms in total. The van der Waals surface area contributed by atoms with Gasteiger partial charge in [-0.2, -0.15) is 12.6 Å². The maximum absolute atomic E-state index is 11.7. The molecular weight excluding hydrogens is 384 g/mol. The minimum absolute atomic E-state index is 0.342. The van der Waals surface area contributed by atoms with Gasteiger partial charge in [0, 0.05) is 17.7 Å². The average molecular weight is 411 g/mol. The molecule has 1 aromatic heterocycles. The predicted octanol–water partition coefficient (Wildman–Crippen LogP) is 4.24. The number of amides is 1. The Morgan fingerprint density at radius 1 is 1.17 bits per heavy atom. The standard InChI is InChI=1S/C23H26N2O3S/c1-16-20(25-21(28-16)18-6-4-3-5-7-18)12-13-27-19-10-8-17(9-11-19)14-23(2,15-29)22(24)26/h3-11,29H,12-15H2,1-2H3,(H2,24,26). The van der Waals surface area contributed by atoms with E-state index in [2.05, 4.69) is 17.6 Å². The van der Waals surface area contributed by atoms with Gasteiger partial charge in [0.25, 0.3) is 0 Å². The van der Waals surface area contributed by atoms with Crippen LogP contribution >= 0.6 is 12.6 Å². The van der Waals surface area contributed by atoms with Gasteiger partial charge in [-0.1, -0.05) is 30.3 Å². The fourth-order valence-electron chi connectivity index (χ4n) is 3.00. The summed E-state index contributed by atoms with van der Waals surface area (Å²) >= 11 is 4.27. The number of rotatable bonds is 9. The van der Waals surface area contributed by atoms with Gasteiger partial charge >= 0.3 is 0 Å². The van der Waals surface area contributed by atoms with Gasteiger partial charge < -0.3 is 14.9 Å². The van der Waals surface area contributed by atoms with Gasteiger partial charge in [0.15, 0.2) is 0 Å². The summed E-state index contributed by atoms with van der Waals surface area (Å²) in [4.78, 5) is 16.2. The van der Waals surface area contributed by atoms with Crippen LogP contribution in [0.5, 0.6) is 5.75 Å². The van der Waals surface area contributed by atoms with Crippen molar-refractivity contribution >= 4 is 18.5 Å². The van der Waals surface area contributed by atoms with E-state index in [4.69, 9.17) is 14.9 Å². The first kappa shape index (κ1) is 21.0. The molecule has 0 saturated carbocycles. The van der Waals surface area contributed by atoms with Gasteiger partial charge in [-0.15, -0.1) is 0 Å². The number of nitrogens with zero attached hydrogens (tertiary/aromatic N) is 1. The highest BCUT2D eigenvalue weighted by Gasteiger charge is 2.29. The molecule has 29 heavy (non-hydrogen) atoms. The van der Waals surface area contributed by atoms with Gasteiger partial charge in [0.1, 0.15) is 11.5 Å². The number of thiol groups is 1. The lowest BCUT2D eigenvalue weighted by Gasteiger charge is -2.23. The van der Waals surface area contributed by atoms with E-state index in [0.717, 1.165) is 28.3 Å². The molecule has 1 unspecified atom stereocenters. The quantitative estimate of drug-likeness (QED) is 0.517. The van der Waals surface area contributed by atoms with Gasteiger partial charge in [-0.3, -0.25) is 4.79 Å². The topological polar surface area (TPSA) is 78.3 Å². The van der Waals surface area contributed by atoms with E-state index in [-0.39, 0.29) is 5.91 Å². The van der Waals surface area contributed by atoms with E-state index in [9.17, 15) is 4.79 Å². The molecule has 0 spiro atoms. The molecule has 1 heterocycles. The van der Waals surface area contributed by atoms with E-state index in [1.165, 1.54) is 0 Å². The molecule has 1 atom stereocenters. The van der Waals surface area contributed by atoms with Crippen LogP contribution in [0.25, 0.3) is 11.5 Å². The Labute approximate surface area is 176 Å². The van der Waals surface area contributed by atoms with Crippen molar-refractivity contribution in [1.29, 1.82) is 0 Å². The second-order valence-corrected chi connectivity index (χ2v) is 7.71. The number of oxazole rings is 1. The highest BCUT2D eigenvalue weighted by atomic mass is 32.1. The van der Waals surface area contributed by atoms with Crippen molar-refractivity contribution in [3.8, 4) is 17.2 Å². The first-order valence-electron chi connectivity index (χ1n) is 9.55. The van der Waals surface area contributed by atoms with Gasteiger partial charge in [-0.05, 0) is 50.1 Å². The molecular formula is C23H26N2O3S. The summed E-state index contributed by atoms with van der Waals surface area (Å²) in [5.41, 5.74) is 7.72. The van der Waals surface area contributed by atoms with Gasteiger partial charge in [0.05, 0.1) is 17.7 Å². The lowest BCUT2D eigenvalue weighted by atomic mass is 9.85. The third kappa shape index (κ3) is 5.21. The number of carbonyl (C=O) groups excluding carboxylic acids is 1. The SMILES string of the molecule is Cc1oc(-c2ccccc2)nc1CCOc1ccc(CC(C)(CS)C(N)=O)cc1. The molecule has 3 aromatic rings. The van der Waals surface area contributed by atoms with Crippen molar-refractivity contribution in [2.75, 3.05) is 12.4 Å². The Balaban J connectivity index is 1.56. The van der Waals surface area contributed by atoms with Crippen molar-refractivity contribution in [3.63, 3.8) is 0 Å². The number of benzene rings is 2. The maximum atomic E-state index is 11.7. The van der Waals surface area contributed by atoms with Crippen LogP contribution in [0.2, 0.25) is 0 Å². The zero-order valence-corrected chi connectivity index (χ0v) is 17.6. The highest BCUT2D eigenvalue weighted by Crippen LogP contribution is 2.25. The summed E-state index contributed by atoms with van der Waals surface area (Å²) in [6.07, 6.45) is 1.20. The first-order chi connectivity index (χ1) is 13.9. The molecule has 0 fully saturated rings. The molecule has 0 aliphatic carbocycles. The summed E-state index contributed by atoms with van der Waals surface area (Å²) < 4.78 is 11.6. The number of primary amides is 1. The molecule has 3 rings (SSSR count). The van der Waals surface area contributed by atoms with E-state index in [1.807, 2.05) is 68.4 Å². The van der Waals surface area contributed by atoms with Crippen LogP contribution in [0, 0.1) is 12.3 Å². The van der Waals surface area contributed by atoms with Crippen LogP contribution in [-0.4, -0.2) is 23.3 Å². The lowest BCUT2D eigenvalue weighted by molar-refractivity contribution is -0.125. The predicted molar refractivity (Wildman–Crippen MR) is 117 cm³/mol. The molecule has 1 amide bonds. The van der Waals surface area contributed by atoms with Crippen molar-refractivity contribution in [3.05, 3.63) is 71.6 Å². The molecule has 0 radical (unpaired) electrons. The first-order valence-corrected chi connectivity index (χ1v) is 10.2. The fraction of sp³-hybridized carbons (Fsp3) is 0.304. The van der Waals surface area contributed by atoms with Crippen LogP contribution < -0.4 is 10.5 Å². The summed E-state index contributed by atoms with van der Waals surface area (Å²) in [5, 5.41) is 0. The van der Waals surface area contributed by atoms with Crippen LogP contribution in [0.3, 0.4) is 0 Å². The summed E-state index contributed by atoms with van der Waals surface area (Å²) in [6.45, 7) is 4.24. The van der Waals surface area contributed by atoms with E-state index in [0.29, 0.717) is 31.1 Å². The van der Waals surface area contributed by atoms with Crippen LogP contribution in [0.4, 0.5) is 0 Å². The Bertz CT molecular complexity index is 954. The summed E-state index contributed by atoms with van der Waals surface area (Å²) in [6, 6.07) is 17.6. The number of hydrogen-bond donors (Lipinski definition) is 2. The Morgan fingerprint density at radius 2 is 1.86 bits per heavy atom. The molecule has 0 saturated heterocycles.